The zero-order valence-electron chi connectivity index (χ0n) is 8.32. The van der Waals surface area contributed by atoms with E-state index >= 15 is 0 Å². The van der Waals surface area contributed by atoms with Crippen molar-refractivity contribution in [3.05, 3.63) is 0 Å². The highest BCUT2D eigenvalue weighted by atomic mass is 19.4. The normalized spacial score (nSPS) is 22.9. The van der Waals surface area contributed by atoms with Crippen LogP contribution in [-0.2, 0) is 0 Å². The largest absolute Gasteiger partial charge is 0.390 e. The molecule has 1 aliphatic rings. The molecule has 0 spiro atoms. The number of halogens is 3. The molecule has 84 valence electrons. The lowest BCUT2D eigenvalue weighted by Crippen LogP contribution is -2.55. The van der Waals surface area contributed by atoms with E-state index < -0.39 is 18.6 Å². The third kappa shape index (κ3) is 3.84. The first-order chi connectivity index (χ1) is 6.31. The lowest BCUT2D eigenvalue weighted by Gasteiger charge is -2.39. The molecule has 1 fully saturated rings. The molecule has 1 aliphatic carbocycles. The summed E-state index contributed by atoms with van der Waals surface area (Å²) in [6.07, 6.45) is -1.96. The third-order valence-electron chi connectivity index (χ3n) is 2.69. The molecule has 0 heterocycles. The molecule has 1 atom stereocenters. The fourth-order valence-corrected chi connectivity index (χ4v) is 1.60. The Labute approximate surface area is 82.0 Å². The van der Waals surface area contributed by atoms with Gasteiger partial charge in [0.25, 0.3) is 0 Å². The summed E-state index contributed by atoms with van der Waals surface area (Å²) in [5.41, 5.74) is 5.62. The summed E-state index contributed by atoms with van der Waals surface area (Å²) in [7, 11) is 0. The highest BCUT2D eigenvalue weighted by Crippen LogP contribution is 2.28. The Balaban J connectivity index is 2.17. The standard InChI is InChI=1S/C9H17F3N2/c1-7(5-9(10,11)12)14-6-8(13)3-2-4-8/h7,14H,2-6,13H2,1H3. The first-order valence-corrected chi connectivity index (χ1v) is 4.90. The molecule has 0 saturated heterocycles. The van der Waals surface area contributed by atoms with E-state index in [1.807, 2.05) is 0 Å². The van der Waals surface area contributed by atoms with Crippen molar-refractivity contribution in [3.63, 3.8) is 0 Å². The van der Waals surface area contributed by atoms with Gasteiger partial charge in [0.05, 0.1) is 6.42 Å². The topological polar surface area (TPSA) is 38.0 Å². The Hall–Kier alpha value is -0.290. The molecular formula is C9H17F3N2. The second-order valence-electron chi connectivity index (χ2n) is 4.32. The lowest BCUT2D eigenvalue weighted by molar-refractivity contribution is -0.139. The van der Waals surface area contributed by atoms with Gasteiger partial charge in [-0.25, -0.2) is 0 Å². The van der Waals surface area contributed by atoms with E-state index in [0.717, 1.165) is 19.3 Å². The van der Waals surface area contributed by atoms with Crippen LogP contribution in [0.25, 0.3) is 0 Å². The Bertz CT molecular complexity index is 187. The number of hydrogen-bond donors (Lipinski definition) is 2. The first kappa shape index (κ1) is 11.8. The van der Waals surface area contributed by atoms with Crippen LogP contribution in [0.4, 0.5) is 13.2 Å². The monoisotopic (exact) mass is 210 g/mol. The molecule has 0 aromatic carbocycles. The molecule has 14 heavy (non-hydrogen) atoms. The van der Waals surface area contributed by atoms with Gasteiger partial charge in [-0.2, -0.15) is 13.2 Å². The number of rotatable bonds is 4. The van der Waals surface area contributed by atoms with Gasteiger partial charge in [0.15, 0.2) is 0 Å². The molecule has 1 unspecified atom stereocenters. The fourth-order valence-electron chi connectivity index (χ4n) is 1.60. The quantitative estimate of drug-likeness (QED) is 0.742. The van der Waals surface area contributed by atoms with Crippen molar-refractivity contribution >= 4 is 0 Å². The van der Waals surface area contributed by atoms with Crippen LogP contribution in [0.1, 0.15) is 32.6 Å². The van der Waals surface area contributed by atoms with Crippen LogP contribution >= 0.6 is 0 Å². The second-order valence-corrected chi connectivity index (χ2v) is 4.32. The van der Waals surface area contributed by atoms with Gasteiger partial charge in [0, 0.05) is 18.1 Å². The Morgan fingerprint density at radius 3 is 2.36 bits per heavy atom. The van der Waals surface area contributed by atoms with Crippen molar-refractivity contribution in [2.75, 3.05) is 6.54 Å². The molecule has 0 radical (unpaired) electrons. The average Bonchev–Trinajstić information content (AvgIpc) is 1.94. The summed E-state index contributed by atoms with van der Waals surface area (Å²) in [6, 6.07) is -0.545. The molecule has 0 aromatic rings. The summed E-state index contributed by atoms with van der Waals surface area (Å²) in [4.78, 5) is 0. The van der Waals surface area contributed by atoms with Gasteiger partial charge in [-0.1, -0.05) is 0 Å². The van der Waals surface area contributed by atoms with Crippen LogP contribution in [0.2, 0.25) is 0 Å². The van der Waals surface area contributed by atoms with Crippen molar-refractivity contribution in [1.82, 2.24) is 5.32 Å². The van der Waals surface area contributed by atoms with Crippen LogP contribution < -0.4 is 11.1 Å². The lowest BCUT2D eigenvalue weighted by atomic mass is 9.77. The van der Waals surface area contributed by atoms with Gasteiger partial charge in [-0.15, -0.1) is 0 Å². The van der Waals surface area contributed by atoms with Crippen LogP contribution in [0.3, 0.4) is 0 Å². The van der Waals surface area contributed by atoms with E-state index in [9.17, 15) is 13.2 Å². The van der Waals surface area contributed by atoms with Gasteiger partial charge in [0.1, 0.15) is 0 Å². The smallest absolute Gasteiger partial charge is 0.324 e. The third-order valence-corrected chi connectivity index (χ3v) is 2.69. The van der Waals surface area contributed by atoms with Crippen molar-refractivity contribution in [1.29, 1.82) is 0 Å². The summed E-state index contributed by atoms with van der Waals surface area (Å²) < 4.78 is 35.9. The van der Waals surface area contributed by atoms with E-state index in [2.05, 4.69) is 5.32 Å². The van der Waals surface area contributed by atoms with Gasteiger partial charge in [-0.3, -0.25) is 0 Å². The second kappa shape index (κ2) is 4.06. The summed E-state index contributed by atoms with van der Waals surface area (Å²) in [5.74, 6) is 0. The number of alkyl halides is 3. The number of nitrogens with one attached hydrogen (secondary N) is 1. The minimum atomic E-state index is -4.09. The molecule has 0 bridgehead atoms. The SMILES string of the molecule is CC(CC(F)(F)F)NCC1(N)CCC1. The van der Waals surface area contributed by atoms with Crippen LogP contribution in [0.5, 0.6) is 0 Å². The van der Waals surface area contributed by atoms with E-state index in [4.69, 9.17) is 5.73 Å². The molecule has 0 amide bonds. The zero-order valence-corrected chi connectivity index (χ0v) is 8.32. The van der Waals surface area contributed by atoms with E-state index in [-0.39, 0.29) is 5.54 Å². The first-order valence-electron chi connectivity index (χ1n) is 4.90. The van der Waals surface area contributed by atoms with E-state index in [0.29, 0.717) is 6.54 Å². The number of nitrogens with two attached hydrogens (primary N) is 1. The minimum absolute atomic E-state index is 0.250. The summed E-state index contributed by atoms with van der Waals surface area (Å²) >= 11 is 0. The Morgan fingerprint density at radius 1 is 1.43 bits per heavy atom. The number of hydrogen-bond acceptors (Lipinski definition) is 2. The summed E-state index contributed by atoms with van der Waals surface area (Å²) in [6.45, 7) is 2.03. The van der Waals surface area contributed by atoms with Crippen molar-refractivity contribution in [2.45, 2.75) is 50.4 Å². The molecule has 1 rings (SSSR count). The van der Waals surface area contributed by atoms with E-state index in [1.165, 1.54) is 6.92 Å². The predicted molar refractivity (Wildman–Crippen MR) is 48.9 cm³/mol. The predicted octanol–water partition coefficient (Wildman–Crippen LogP) is 1.80. The highest BCUT2D eigenvalue weighted by molar-refractivity contribution is 4.94. The van der Waals surface area contributed by atoms with Crippen LogP contribution in [0, 0.1) is 0 Å². The molecule has 3 N–H and O–H groups in total. The zero-order chi connectivity index (χ0) is 10.8. The van der Waals surface area contributed by atoms with Crippen molar-refractivity contribution < 1.29 is 13.2 Å². The fraction of sp³-hybridized carbons (Fsp3) is 1.00. The van der Waals surface area contributed by atoms with Crippen LogP contribution in [-0.4, -0.2) is 24.3 Å². The van der Waals surface area contributed by atoms with Gasteiger partial charge < -0.3 is 11.1 Å². The minimum Gasteiger partial charge on any atom is -0.324 e. The Kier molecular flexibility index (Phi) is 3.42. The average molecular weight is 210 g/mol. The molecule has 5 heteroatoms. The van der Waals surface area contributed by atoms with Gasteiger partial charge in [-0.05, 0) is 26.2 Å². The Morgan fingerprint density at radius 2 is 2.00 bits per heavy atom. The maximum Gasteiger partial charge on any atom is 0.390 e. The van der Waals surface area contributed by atoms with Crippen molar-refractivity contribution in [2.24, 2.45) is 5.73 Å². The molecule has 0 aliphatic heterocycles. The van der Waals surface area contributed by atoms with Crippen molar-refractivity contribution in [3.8, 4) is 0 Å². The maximum absolute atomic E-state index is 12.0. The highest BCUT2D eigenvalue weighted by Gasteiger charge is 2.34. The molecular weight excluding hydrogens is 193 g/mol. The summed E-state index contributed by atoms with van der Waals surface area (Å²) in [5, 5.41) is 2.84. The van der Waals surface area contributed by atoms with Crippen LogP contribution in [0.15, 0.2) is 0 Å². The molecule has 1 saturated carbocycles. The van der Waals surface area contributed by atoms with E-state index in [1.54, 1.807) is 0 Å². The van der Waals surface area contributed by atoms with Gasteiger partial charge >= 0.3 is 6.18 Å². The molecule has 2 nitrogen and oxygen atoms in total. The molecule has 0 aromatic heterocycles. The maximum atomic E-state index is 12.0. The van der Waals surface area contributed by atoms with Gasteiger partial charge in [0.2, 0.25) is 0 Å².